The van der Waals surface area contributed by atoms with Gasteiger partial charge in [-0.15, -0.1) is 0 Å². The Bertz CT molecular complexity index is 932. The van der Waals surface area contributed by atoms with Gasteiger partial charge in [0, 0.05) is 18.9 Å². The molecule has 0 saturated carbocycles. The number of aromatic nitrogens is 2. The van der Waals surface area contributed by atoms with E-state index in [0.29, 0.717) is 13.0 Å². The molecule has 0 spiro atoms. The van der Waals surface area contributed by atoms with Crippen LogP contribution in [0.25, 0.3) is 0 Å². The van der Waals surface area contributed by atoms with E-state index in [1.165, 1.54) is 0 Å². The number of sulfone groups is 1. The molecule has 0 radical (unpaired) electrons. The molecule has 1 aromatic heterocycles. The number of benzene rings is 2. The molecular formula is C20H22N2O3S. The highest BCUT2D eigenvalue weighted by Crippen LogP contribution is 2.24. The molecule has 0 aliphatic carbocycles. The van der Waals surface area contributed by atoms with Crippen molar-refractivity contribution in [3.8, 4) is 0 Å². The summed E-state index contributed by atoms with van der Waals surface area (Å²) in [5.41, 5.74) is 1.74. The molecule has 0 aliphatic rings. The minimum Gasteiger partial charge on any atom is -0.388 e. The van der Waals surface area contributed by atoms with Gasteiger partial charge in [0.2, 0.25) is 9.84 Å². The Morgan fingerprint density at radius 1 is 1.04 bits per heavy atom. The van der Waals surface area contributed by atoms with E-state index in [2.05, 4.69) is 4.98 Å². The van der Waals surface area contributed by atoms with Crippen LogP contribution in [0.15, 0.2) is 77.0 Å². The van der Waals surface area contributed by atoms with Gasteiger partial charge in [0.1, 0.15) is 0 Å². The van der Waals surface area contributed by atoms with Gasteiger partial charge in [0.15, 0.2) is 0 Å². The fourth-order valence-corrected chi connectivity index (χ4v) is 4.07. The molecule has 0 bridgehead atoms. The average molecular weight is 370 g/mol. The van der Waals surface area contributed by atoms with Gasteiger partial charge in [-0.25, -0.2) is 13.4 Å². The van der Waals surface area contributed by atoms with Crippen molar-refractivity contribution in [2.45, 2.75) is 42.2 Å². The molecule has 3 aromatic rings. The number of nitrogens with zero attached hydrogens (tertiary/aromatic N) is 2. The first-order valence-corrected chi connectivity index (χ1v) is 10.1. The summed E-state index contributed by atoms with van der Waals surface area (Å²) in [6.45, 7) is 2.64. The molecule has 136 valence electrons. The fourth-order valence-electron chi connectivity index (χ4n) is 2.81. The lowest BCUT2D eigenvalue weighted by Crippen LogP contribution is -2.04. The highest BCUT2D eigenvalue weighted by atomic mass is 32.2. The Morgan fingerprint density at radius 3 is 2.19 bits per heavy atom. The summed E-state index contributed by atoms with van der Waals surface area (Å²) in [5.74, 6) is 0. The summed E-state index contributed by atoms with van der Waals surface area (Å²) >= 11 is 0. The quantitative estimate of drug-likeness (QED) is 0.690. The fraction of sp³-hybridized carbons (Fsp3) is 0.250. The Hall–Kier alpha value is -2.44. The van der Waals surface area contributed by atoms with Crippen molar-refractivity contribution in [3.63, 3.8) is 0 Å². The van der Waals surface area contributed by atoms with Crippen LogP contribution in [0.3, 0.4) is 0 Å². The van der Waals surface area contributed by atoms with Crippen molar-refractivity contribution in [2.75, 3.05) is 0 Å². The molecule has 2 aromatic carbocycles. The van der Waals surface area contributed by atoms with Gasteiger partial charge in [0.25, 0.3) is 0 Å². The van der Waals surface area contributed by atoms with Crippen molar-refractivity contribution in [1.29, 1.82) is 0 Å². The van der Waals surface area contributed by atoms with Crippen LogP contribution in [0, 0.1) is 0 Å². The van der Waals surface area contributed by atoms with Gasteiger partial charge < -0.3 is 9.67 Å². The van der Waals surface area contributed by atoms with Crippen LogP contribution < -0.4 is 0 Å². The van der Waals surface area contributed by atoms with E-state index in [1.807, 2.05) is 29.8 Å². The summed E-state index contributed by atoms with van der Waals surface area (Å²) in [6, 6.07) is 13.4. The zero-order chi connectivity index (χ0) is 18.6. The normalized spacial score (nSPS) is 12.8. The van der Waals surface area contributed by atoms with Crippen LogP contribution in [0.4, 0.5) is 0 Å². The average Bonchev–Trinajstić information content (AvgIpc) is 3.15. The minimum absolute atomic E-state index is 0.229. The second-order valence-electron chi connectivity index (χ2n) is 6.26. The number of aliphatic hydroxyl groups is 1. The predicted octanol–water partition coefficient (Wildman–Crippen LogP) is 3.60. The van der Waals surface area contributed by atoms with Crippen molar-refractivity contribution >= 4 is 9.84 Å². The van der Waals surface area contributed by atoms with E-state index in [1.54, 1.807) is 48.9 Å². The Morgan fingerprint density at radius 2 is 1.65 bits per heavy atom. The second kappa shape index (κ2) is 7.85. The molecular weight excluding hydrogens is 348 g/mol. The van der Waals surface area contributed by atoms with Crippen LogP contribution in [-0.4, -0.2) is 23.1 Å². The monoisotopic (exact) mass is 370 g/mol. The lowest BCUT2D eigenvalue weighted by atomic mass is 10.1. The first-order valence-electron chi connectivity index (χ1n) is 8.58. The van der Waals surface area contributed by atoms with Crippen molar-refractivity contribution in [2.24, 2.45) is 0 Å². The summed E-state index contributed by atoms with van der Waals surface area (Å²) in [7, 11) is -3.57. The van der Waals surface area contributed by atoms with Gasteiger partial charge in [0.05, 0.1) is 22.2 Å². The van der Waals surface area contributed by atoms with Crippen molar-refractivity contribution < 1.29 is 13.5 Å². The molecule has 1 heterocycles. The van der Waals surface area contributed by atoms with E-state index in [-0.39, 0.29) is 9.79 Å². The molecule has 3 rings (SSSR count). The largest absolute Gasteiger partial charge is 0.388 e. The van der Waals surface area contributed by atoms with Crippen LogP contribution in [0.5, 0.6) is 0 Å². The first-order chi connectivity index (χ1) is 12.5. The molecule has 1 N–H and O–H groups in total. The third-order valence-corrected chi connectivity index (χ3v) is 6.08. The molecule has 0 unspecified atom stereocenters. The van der Waals surface area contributed by atoms with Crippen molar-refractivity contribution in [1.82, 2.24) is 9.55 Å². The zero-order valence-corrected chi connectivity index (χ0v) is 15.4. The van der Waals surface area contributed by atoms with E-state index in [4.69, 9.17) is 0 Å². The zero-order valence-electron chi connectivity index (χ0n) is 14.6. The van der Waals surface area contributed by atoms with E-state index in [0.717, 1.165) is 17.5 Å². The van der Waals surface area contributed by atoms with Crippen LogP contribution in [0.2, 0.25) is 0 Å². The highest BCUT2D eigenvalue weighted by molar-refractivity contribution is 7.91. The molecule has 0 fully saturated rings. The molecule has 0 aliphatic heterocycles. The highest BCUT2D eigenvalue weighted by Gasteiger charge is 2.18. The Balaban J connectivity index is 1.79. The Labute approximate surface area is 153 Å². The maximum atomic E-state index is 12.8. The number of aliphatic hydroxyl groups excluding tert-OH is 1. The molecule has 26 heavy (non-hydrogen) atoms. The van der Waals surface area contributed by atoms with Crippen molar-refractivity contribution in [3.05, 3.63) is 78.4 Å². The lowest BCUT2D eigenvalue weighted by molar-refractivity contribution is 0.166. The first kappa shape index (κ1) is 18.4. The lowest BCUT2D eigenvalue weighted by Gasteiger charge is -2.11. The van der Waals surface area contributed by atoms with E-state index >= 15 is 0 Å². The van der Waals surface area contributed by atoms with Crippen LogP contribution >= 0.6 is 0 Å². The standard InChI is InChI=1S/C20H22N2O3S/c1-2-3-20(23)17-6-10-19(11-7-17)26(24,25)18-8-4-16(5-9-18)14-22-13-12-21-15-22/h4-13,15,20,23H,2-3,14H2,1H3/t20-/m1/s1. The second-order valence-corrected chi connectivity index (χ2v) is 8.21. The third-order valence-electron chi connectivity index (χ3n) is 4.30. The smallest absolute Gasteiger partial charge is 0.206 e. The number of rotatable bonds is 7. The van der Waals surface area contributed by atoms with E-state index < -0.39 is 15.9 Å². The van der Waals surface area contributed by atoms with Gasteiger partial charge in [-0.1, -0.05) is 37.6 Å². The topological polar surface area (TPSA) is 72.2 Å². The van der Waals surface area contributed by atoms with Crippen LogP contribution in [-0.2, 0) is 16.4 Å². The number of hydrogen-bond acceptors (Lipinski definition) is 4. The molecule has 1 atom stereocenters. The molecule has 6 heteroatoms. The Kier molecular flexibility index (Phi) is 5.54. The summed E-state index contributed by atoms with van der Waals surface area (Å²) in [6.07, 6.45) is 6.26. The van der Waals surface area contributed by atoms with Crippen LogP contribution in [0.1, 0.15) is 37.0 Å². The van der Waals surface area contributed by atoms with Gasteiger partial charge in [-0.2, -0.15) is 0 Å². The molecule has 0 saturated heterocycles. The predicted molar refractivity (Wildman–Crippen MR) is 99.5 cm³/mol. The minimum atomic E-state index is -3.57. The van der Waals surface area contributed by atoms with Gasteiger partial charge in [-0.05, 0) is 41.8 Å². The summed E-state index contributed by atoms with van der Waals surface area (Å²) in [4.78, 5) is 4.48. The van der Waals surface area contributed by atoms with E-state index in [9.17, 15) is 13.5 Å². The number of imidazole rings is 1. The maximum Gasteiger partial charge on any atom is 0.206 e. The molecule has 5 nitrogen and oxygen atoms in total. The SMILES string of the molecule is CCC[C@@H](O)c1ccc(S(=O)(=O)c2ccc(Cn3ccnc3)cc2)cc1. The van der Waals surface area contributed by atoms with Gasteiger partial charge >= 0.3 is 0 Å². The summed E-state index contributed by atoms with van der Waals surface area (Å²) in [5, 5.41) is 10.0. The number of hydrogen-bond donors (Lipinski definition) is 1. The maximum absolute atomic E-state index is 12.8. The van der Waals surface area contributed by atoms with Gasteiger partial charge in [-0.3, -0.25) is 0 Å². The molecule has 0 amide bonds. The summed E-state index contributed by atoms with van der Waals surface area (Å²) < 4.78 is 27.5. The third kappa shape index (κ3) is 4.03.